The normalized spacial score (nSPS) is 15.9. The van der Waals surface area contributed by atoms with E-state index in [1.807, 2.05) is 60.7 Å². The van der Waals surface area contributed by atoms with Crippen molar-refractivity contribution in [3.8, 4) is 44.7 Å². The van der Waals surface area contributed by atoms with Gasteiger partial charge in [-0.05, 0) is 78.3 Å². The first kappa shape index (κ1) is 17.8. The van der Waals surface area contributed by atoms with Crippen molar-refractivity contribution in [2.75, 3.05) is 0 Å². The Balaban J connectivity index is 1.39. The zero-order valence-electron chi connectivity index (χ0n) is 42.0. The van der Waals surface area contributed by atoms with Crippen LogP contribution in [-0.2, 0) is 0 Å². The predicted octanol–water partition coefficient (Wildman–Crippen LogP) is 14.5. The molecule has 0 radical (unpaired) electrons. The van der Waals surface area contributed by atoms with Gasteiger partial charge in [0.05, 0.1) is 25.9 Å². The third-order valence-corrected chi connectivity index (χ3v) is 9.62. The van der Waals surface area contributed by atoms with E-state index in [0.717, 1.165) is 16.7 Å². The SMILES string of the molecule is [2H]c1c([2H])c([2H])c2c(-c3c4c([2H])c([2H])c([2H])c([2H])c4c(-c4cccc5oc6c(ccc7oc(-c8ccccc8)c(-c8ccccc8)c76)c45)c4c([2H])c([2H])c([2H])c([2H])c34)c([2H])c([2H])c([2H])c2c1[2H]. The summed E-state index contributed by atoms with van der Waals surface area (Å²) < 4.78 is 150. The van der Waals surface area contributed by atoms with E-state index in [-0.39, 0.29) is 38.2 Å². The number of benzene rings is 9. The fraction of sp³-hybridized carbons (Fsp3) is 0. The quantitative estimate of drug-likeness (QED) is 0.173. The molecule has 0 amide bonds. The molecule has 0 aliphatic heterocycles. The van der Waals surface area contributed by atoms with Crippen LogP contribution in [0.3, 0.4) is 0 Å². The number of furan rings is 2. The minimum atomic E-state index is -0.773. The first-order chi connectivity index (χ1) is 32.1. The van der Waals surface area contributed by atoms with Crippen LogP contribution in [0.25, 0.3) is 110 Å². The van der Waals surface area contributed by atoms with Crippen molar-refractivity contribution in [2.45, 2.75) is 0 Å². The van der Waals surface area contributed by atoms with Crippen LogP contribution in [0, 0.1) is 0 Å². The number of rotatable bonds is 4. The number of hydrogen-bond acceptors (Lipinski definition) is 2. The average molecular weight is 678 g/mol. The standard InChI is InChI=1S/C50H30O2/c1-3-16-32(17-4-1)44-48-43(51-49(44)33-18-5-2-6-19-33)30-29-41-47-40(27-14-28-42(47)52-50(41)48)46-38-24-11-9-22-36(38)45(37-23-10-12-25-39(37)46)35-26-13-20-31-15-7-8-21-34(31)35/h1-30H/i7D,8D,9D,10D,11D,12D,13D,15D,20D,21D,22D,23D,24D,25D,26D. The van der Waals surface area contributed by atoms with Crippen LogP contribution in [-0.4, -0.2) is 0 Å². The predicted molar refractivity (Wildman–Crippen MR) is 218 cm³/mol. The van der Waals surface area contributed by atoms with E-state index >= 15 is 0 Å². The molecule has 0 saturated carbocycles. The second kappa shape index (κ2) is 11.3. The Kier molecular flexibility index (Phi) is 3.88. The lowest BCUT2D eigenvalue weighted by Crippen LogP contribution is -1.92. The summed E-state index contributed by atoms with van der Waals surface area (Å²) in [7, 11) is 0. The molecule has 11 aromatic rings. The summed E-state index contributed by atoms with van der Waals surface area (Å²) >= 11 is 0. The summed E-state index contributed by atoms with van der Waals surface area (Å²) in [5.41, 5.74) is 3.06. The lowest BCUT2D eigenvalue weighted by molar-refractivity contribution is 0.631. The van der Waals surface area contributed by atoms with Crippen LogP contribution in [0.2, 0.25) is 0 Å². The van der Waals surface area contributed by atoms with Gasteiger partial charge in [0, 0.05) is 21.9 Å². The van der Waals surface area contributed by atoms with E-state index in [1.165, 1.54) is 0 Å². The highest BCUT2D eigenvalue weighted by atomic mass is 16.3. The Morgan fingerprint density at radius 2 is 0.942 bits per heavy atom. The van der Waals surface area contributed by atoms with E-state index in [4.69, 9.17) is 22.5 Å². The first-order valence-electron chi connectivity index (χ1n) is 24.0. The van der Waals surface area contributed by atoms with Crippen LogP contribution in [0.1, 0.15) is 20.6 Å². The maximum absolute atomic E-state index is 9.60. The van der Waals surface area contributed by atoms with E-state index in [1.54, 1.807) is 30.3 Å². The molecule has 11 rings (SSSR count). The highest BCUT2D eigenvalue weighted by Crippen LogP contribution is 2.50. The van der Waals surface area contributed by atoms with Gasteiger partial charge in [-0.15, -0.1) is 0 Å². The maximum atomic E-state index is 9.60. The Bertz CT molecular complexity index is 3940. The summed E-state index contributed by atoms with van der Waals surface area (Å²) in [6.45, 7) is 0. The van der Waals surface area contributed by atoms with Gasteiger partial charge in [-0.25, -0.2) is 0 Å². The molecule has 0 aliphatic rings. The second-order valence-electron chi connectivity index (χ2n) is 12.4. The van der Waals surface area contributed by atoms with Gasteiger partial charge in [0.2, 0.25) is 0 Å². The molecule has 2 heteroatoms. The number of fused-ring (bicyclic) bond motifs is 8. The fourth-order valence-corrected chi connectivity index (χ4v) is 7.49. The molecule has 0 aliphatic carbocycles. The molecule has 0 N–H and O–H groups in total. The third kappa shape index (κ3) is 4.19. The van der Waals surface area contributed by atoms with E-state index in [2.05, 4.69) is 0 Å². The fourth-order valence-electron chi connectivity index (χ4n) is 7.49. The lowest BCUT2D eigenvalue weighted by Gasteiger charge is -2.19. The van der Waals surface area contributed by atoms with Gasteiger partial charge < -0.3 is 8.83 Å². The van der Waals surface area contributed by atoms with Gasteiger partial charge in [0.1, 0.15) is 22.5 Å². The smallest absolute Gasteiger partial charge is 0.147 e. The minimum Gasteiger partial charge on any atom is -0.455 e. The van der Waals surface area contributed by atoms with Crippen LogP contribution >= 0.6 is 0 Å². The molecule has 9 aromatic carbocycles. The molecular weight excluding hydrogens is 633 g/mol. The highest BCUT2D eigenvalue weighted by Gasteiger charge is 2.25. The van der Waals surface area contributed by atoms with Crippen LogP contribution in [0.4, 0.5) is 0 Å². The summed E-state index contributed by atoms with van der Waals surface area (Å²) in [5, 5.41) is -0.374. The van der Waals surface area contributed by atoms with Gasteiger partial charge in [-0.1, -0.05) is 163 Å². The summed E-state index contributed by atoms with van der Waals surface area (Å²) in [4.78, 5) is 0. The summed E-state index contributed by atoms with van der Waals surface area (Å²) in [6, 6.07) is 17.4. The zero-order chi connectivity index (χ0) is 47.2. The van der Waals surface area contributed by atoms with Crippen molar-refractivity contribution in [1.29, 1.82) is 0 Å². The van der Waals surface area contributed by atoms with E-state index < -0.39 is 107 Å². The van der Waals surface area contributed by atoms with Crippen LogP contribution < -0.4 is 0 Å². The molecule has 0 atom stereocenters. The van der Waals surface area contributed by atoms with Gasteiger partial charge in [0.25, 0.3) is 0 Å². The van der Waals surface area contributed by atoms with Crippen molar-refractivity contribution in [3.63, 3.8) is 0 Å². The first-order valence-corrected chi connectivity index (χ1v) is 16.5. The Morgan fingerprint density at radius 1 is 0.365 bits per heavy atom. The molecule has 2 nitrogen and oxygen atoms in total. The molecule has 0 saturated heterocycles. The molecule has 0 bridgehead atoms. The summed E-state index contributed by atoms with van der Waals surface area (Å²) in [6.07, 6.45) is 0. The largest absolute Gasteiger partial charge is 0.455 e. The highest BCUT2D eigenvalue weighted by molar-refractivity contribution is 6.28. The molecule has 0 spiro atoms. The molecule has 0 unspecified atom stereocenters. The lowest BCUT2D eigenvalue weighted by atomic mass is 9.84. The Hall–Kier alpha value is -6.90. The molecule has 2 heterocycles. The molecule has 2 aromatic heterocycles. The zero-order valence-corrected chi connectivity index (χ0v) is 27.0. The second-order valence-corrected chi connectivity index (χ2v) is 12.4. The summed E-state index contributed by atoms with van der Waals surface area (Å²) in [5.74, 6) is 0.593. The van der Waals surface area contributed by atoms with E-state index in [9.17, 15) is 6.85 Å². The van der Waals surface area contributed by atoms with Crippen LogP contribution in [0.15, 0.2) is 190 Å². The Morgan fingerprint density at radius 3 is 1.63 bits per heavy atom. The monoisotopic (exact) mass is 677 g/mol. The number of hydrogen-bond donors (Lipinski definition) is 0. The van der Waals surface area contributed by atoms with Crippen molar-refractivity contribution in [1.82, 2.24) is 0 Å². The van der Waals surface area contributed by atoms with Crippen molar-refractivity contribution in [2.24, 2.45) is 0 Å². The maximum Gasteiger partial charge on any atom is 0.147 e. The Labute approximate surface area is 320 Å². The molecule has 0 fully saturated rings. The van der Waals surface area contributed by atoms with Gasteiger partial charge in [-0.3, -0.25) is 0 Å². The van der Waals surface area contributed by atoms with Crippen molar-refractivity contribution >= 4 is 65.2 Å². The van der Waals surface area contributed by atoms with Gasteiger partial charge in [0.15, 0.2) is 0 Å². The van der Waals surface area contributed by atoms with Gasteiger partial charge >= 0.3 is 0 Å². The minimum absolute atomic E-state index is 0.0254. The van der Waals surface area contributed by atoms with Crippen LogP contribution in [0.5, 0.6) is 0 Å². The van der Waals surface area contributed by atoms with Crippen molar-refractivity contribution in [3.05, 3.63) is 182 Å². The van der Waals surface area contributed by atoms with E-state index in [0.29, 0.717) is 38.7 Å². The van der Waals surface area contributed by atoms with Gasteiger partial charge in [-0.2, -0.15) is 0 Å². The average Bonchev–Trinajstić information content (AvgIpc) is 3.93. The molecule has 242 valence electrons. The topological polar surface area (TPSA) is 26.3 Å². The third-order valence-electron chi connectivity index (χ3n) is 9.62. The molecule has 52 heavy (non-hydrogen) atoms. The molecular formula is C50H30O2. The van der Waals surface area contributed by atoms with Crippen molar-refractivity contribution < 1.29 is 29.4 Å².